The van der Waals surface area contributed by atoms with Crippen LogP contribution in [0.15, 0.2) is 87.5 Å². The second kappa shape index (κ2) is 12.2. The first-order valence-corrected chi connectivity index (χ1v) is 16.9. The van der Waals surface area contributed by atoms with E-state index in [-0.39, 0.29) is 38.2 Å². The third kappa shape index (κ3) is 6.04. The van der Waals surface area contributed by atoms with Gasteiger partial charge in [-0.3, -0.25) is 4.72 Å². The summed E-state index contributed by atoms with van der Waals surface area (Å²) in [6, 6.07) is 20.0. The van der Waals surface area contributed by atoms with Crippen molar-refractivity contribution < 1.29 is 21.6 Å². The Labute approximate surface area is 246 Å². The second-order valence-corrected chi connectivity index (χ2v) is 13.8. The zero-order valence-corrected chi connectivity index (χ0v) is 25.5. The van der Waals surface area contributed by atoms with Crippen molar-refractivity contribution >= 4 is 47.9 Å². The van der Waals surface area contributed by atoms with Crippen molar-refractivity contribution in [3.63, 3.8) is 0 Å². The van der Waals surface area contributed by atoms with Crippen LogP contribution in [0.4, 0.5) is 5.82 Å². The number of aryl methyl sites for hydroxylation is 3. The smallest absolute Gasteiger partial charge is 0.263 e. The average molecular weight is 607 g/mol. The number of hydrogen-bond acceptors (Lipinski definition) is 7. The number of anilines is 1. The number of hydrogen-bond donors (Lipinski definition) is 1. The first-order chi connectivity index (χ1) is 20.1. The molecule has 2 heterocycles. The van der Waals surface area contributed by atoms with Crippen LogP contribution in [0.3, 0.4) is 0 Å². The van der Waals surface area contributed by atoms with Crippen LogP contribution in [-0.4, -0.2) is 44.6 Å². The van der Waals surface area contributed by atoms with Gasteiger partial charge >= 0.3 is 0 Å². The summed E-state index contributed by atoms with van der Waals surface area (Å²) in [5.41, 5.74) is 3.23. The molecule has 0 atom stereocenters. The van der Waals surface area contributed by atoms with Crippen molar-refractivity contribution in [1.29, 1.82) is 0 Å². The van der Waals surface area contributed by atoms with Crippen molar-refractivity contribution in [3.8, 4) is 0 Å². The van der Waals surface area contributed by atoms with Gasteiger partial charge in [0, 0.05) is 19.8 Å². The Kier molecular flexibility index (Phi) is 8.63. The topological polar surface area (TPSA) is 120 Å². The van der Waals surface area contributed by atoms with Gasteiger partial charge in [0.2, 0.25) is 9.84 Å². The standard InChI is InChI=1S/C31H34N4O5S2/c1-4-5-20-40-21-8-19-35-30-28(32-26-9-6-7-10-27(26)33-30)29(41(36,37)24-15-11-22(2)12-16-24)31(35)34-42(38,39)25-17-13-23(3)14-18-25/h6-7,9-18,34H,4-5,8,19-21H2,1-3H3. The van der Waals surface area contributed by atoms with Crippen LogP contribution >= 0.6 is 0 Å². The number of nitrogens with one attached hydrogen (secondary N) is 1. The molecule has 5 rings (SSSR count). The van der Waals surface area contributed by atoms with Crippen molar-refractivity contribution in [2.45, 2.75) is 61.3 Å². The SMILES string of the molecule is CCCCOCCCn1c(NS(=O)(=O)c2ccc(C)cc2)c(S(=O)(=O)c2ccc(C)cc2)c2nc3ccccc3nc21. The summed E-state index contributed by atoms with van der Waals surface area (Å²) in [6.45, 7) is 7.10. The first-order valence-electron chi connectivity index (χ1n) is 13.9. The van der Waals surface area contributed by atoms with Crippen LogP contribution in [0.2, 0.25) is 0 Å². The molecule has 9 nitrogen and oxygen atoms in total. The Morgan fingerprint density at radius 3 is 1.95 bits per heavy atom. The van der Waals surface area contributed by atoms with Crippen LogP contribution in [0.5, 0.6) is 0 Å². The van der Waals surface area contributed by atoms with Gasteiger partial charge in [-0.25, -0.2) is 26.8 Å². The highest BCUT2D eigenvalue weighted by molar-refractivity contribution is 7.93. The molecule has 0 saturated heterocycles. The van der Waals surface area contributed by atoms with Crippen LogP contribution in [0.25, 0.3) is 22.2 Å². The van der Waals surface area contributed by atoms with Crippen LogP contribution in [0.1, 0.15) is 37.3 Å². The van der Waals surface area contributed by atoms with Crippen molar-refractivity contribution in [2.24, 2.45) is 0 Å². The van der Waals surface area contributed by atoms with Crippen molar-refractivity contribution in [3.05, 3.63) is 83.9 Å². The summed E-state index contributed by atoms with van der Waals surface area (Å²) in [6.07, 6.45) is 2.45. The predicted molar refractivity (Wildman–Crippen MR) is 164 cm³/mol. The molecule has 11 heteroatoms. The minimum Gasteiger partial charge on any atom is -0.381 e. The lowest BCUT2D eigenvalue weighted by atomic mass is 10.2. The summed E-state index contributed by atoms with van der Waals surface area (Å²) in [5.74, 6) is -0.102. The molecule has 1 N–H and O–H groups in total. The minimum absolute atomic E-state index is 0.0116. The maximum Gasteiger partial charge on any atom is 0.263 e. The molecule has 2 aromatic heterocycles. The molecule has 0 amide bonds. The number of nitrogens with zero attached hydrogens (tertiary/aromatic N) is 3. The molecular formula is C31H34N4O5S2. The number of sulfonamides is 1. The quantitative estimate of drug-likeness (QED) is 0.172. The molecule has 0 bridgehead atoms. The van der Waals surface area contributed by atoms with E-state index in [0.29, 0.717) is 30.7 Å². The van der Waals surface area contributed by atoms with E-state index < -0.39 is 19.9 Å². The van der Waals surface area contributed by atoms with Crippen molar-refractivity contribution in [1.82, 2.24) is 14.5 Å². The maximum atomic E-state index is 14.3. The highest BCUT2D eigenvalue weighted by Crippen LogP contribution is 2.38. The predicted octanol–water partition coefficient (Wildman–Crippen LogP) is 6.04. The second-order valence-electron chi connectivity index (χ2n) is 10.3. The highest BCUT2D eigenvalue weighted by atomic mass is 32.2. The lowest BCUT2D eigenvalue weighted by Gasteiger charge is -2.15. The fourth-order valence-electron chi connectivity index (χ4n) is 4.66. The lowest BCUT2D eigenvalue weighted by molar-refractivity contribution is 0.126. The van der Waals surface area contributed by atoms with E-state index in [1.165, 1.54) is 24.3 Å². The molecule has 0 fully saturated rings. The van der Waals surface area contributed by atoms with E-state index in [4.69, 9.17) is 14.7 Å². The number of sulfone groups is 1. The molecule has 0 saturated carbocycles. The number of aromatic nitrogens is 3. The van der Waals surface area contributed by atoms with Gasteiger partial charge in [0.15, 0.2) is 5.65 Å². The molecule has 0 spiro atoms. The Morgan fingerprint density at radius 2 is 1.33 bits per heavy atom. The summed E-state index contributed by atoms with van der Waals surface area (Å²) >= 11 is 0. The Balaban J connectivity index is 1.74. The molecule has 5 aromatic rings. The van der Waals surface area contributed by atoms with Gasteiger partial charge in [-0.15, -0.1) is 0 Å². The van der Waals surface area contributed by atoms with E-state index in [0.717, 1.165) is 24.0 Å². The Morgan fingerprint density at radius 1 is 0.762 bits per heavy atom. The average Bonchev–Trinajstić information content (AvgIpc) is 3.25. The Bertz CT molecular complexity index is 1930. The van der Waals surface area contributed by atoms with Crippen LogP contribution in [0, 0.1) is 13.8 Å². The summed E-state index contributed by atoms with van der Waals surface area (Å²) < 4.78 is 66.0. The maximum absolute atomic E-state index is 14.3. The third-order valence-corrected chi connectivity index (χ3v) is 10.2. The summed E-state index contributed by atoms with van der Waals surface area (Å²) in [7, 11) is -8.43. The van der Waals surface area contributed by atoms with Crippen LogP contribution in [-0.2, 0) is 31.1 Å². The van der Waals surface area contributed by atoms with E-state index in [1.54, 1.807) is 47.0 Å². The number of para-hydroxylation sites is 2. The van der Waals surface area contributed by atoms with Gasteiger partial charge in [0.05, 0.1) is 20.8 Å². The molecule has 220 valence electrons. The molecule has 0 aliphatic heterocycles. The fourth-order valence-corrected chi connectivity index (χ4v) is 7.34. The van der Waals surface area contributed by atoms with E-state index in [1.807, 2.05) is 19.9 Å². The zero-order valence-electron chi connectivity index (χ0n) is 23.9. The zero-order chi connectivity index (χ0) is 29.9. The van der Waals surface area contributed by atoms with E-state index in [2.05, 4.69) is 11.6 Å². The van der Waals surface area contributed by atoms with Gasteiger partial charge in [0.25, 0.3) is 10.0 Å². The van der Waals surface area contributed by atoms with Gasteiger partial charge in [-0.1, -0.05) is 60.9 Å². The van der Waals surface area contributed by atoms with Gasteiger partial charge in [0.1, 0.15) is 16.2 Å². The molecule has 0 aliphatic rings. The minimum atomic E-state index is -4.25. The monoisotopic (exact) mass is 606 g/mol. The van der Waals surface area contributed by atoms with Crippen LogP contribution < -0.4 is 4.72 Å². The fraction of sp³-hybridized carbons (Fsp3) is 0.290. The molecule has 0 radical (unpaired) electrons. The molecule has 3 aromatic carbocycles. The first kappa shape index (κ1) is 29.7. The molecule has 42 heavy (non-hydrogen) atoms. The van der Waals surface area contributed by atoms with Gasteiger partial charge < -0.3 is 9.30 Å². The van der Waals surface area contributed by atoms with Gasteiger partial charge in [-0.2, -0.15) is 0 Å². The number of unbranched alkanes of at least 4 members (excludes halogenated alkanes) is 1. The molecule has 0 aliphatic carbocycles. The summed E-state index contributed by atoms with van der Waals surface area (Å²) in [4.78, 5) is 9.31. The largest absolute Gasteiger partial charge is 0.381 e. The van der Waals surface area contributed by atoms with E-state index >= 15 is 0 Å². The number of rotatable bonds is 12. The normalized spacial score (nSPS) is 12.3. The van der Waals surface area contributed by atoms with Crippen molar-refractivity contribution in [2.75, 3.05) is 17.9 Å². The molecular weight excluding hydrogens is 572 g/mol. The number of benzene rings is 3. The summed E-state index contributed by atoms with van der Waals surface area (Å²) in [5, 5.41) is 0. The van der Waals surface area contributed by atoms with Gasteiger partial charge in [-0.05, 0) is 63.1 Å². The third-order valence-electron chi connectivity index (χ3n) is 6.98. The molecule has 0 unspecified atom stereocenters. The number of fused-ring (bicyclic) bond motifs is 2. The number of ether oxygens (including phenoxy) is 1. The van der Waals surface area contributed by atoms with E-state index in [9.17, 15) is 16.8 Å². The lowest BCUT2D eigenvalue weighted by Crippen LogP contribution is -2.19. The highest BCUT2D eigenvalue weighted by Gasteiger charge is 2.33. The Hall–Kier alpha value is -3.80.